The van der Waals surface area contributed by atoms with Crippen molar-refractivity contribution in [1.82, 2.24) is 0 Å². The minimum atomic E-state index is -0.507. The van der Waals surface area contributed by atoms with Crippen molar-refractivity contribution in [2.45, 2.75) is 61.8 Å². The van der Waals surface area contributed by atoms with Gasteiger partial charge in [0.05, 0.1) is 0 Å². The maximum absolute atomic E-state index is 12.0. The minimum absolute atomic E-state index is 0.256. The summed E-state index contributed by atoms with van der Waals surface area (Å²) >= 11 is -0.507. The first-order valence-corrected chi connectivity index (χ1v) is 11.3. The van der Waals surface area contributed by atoms with Crippen LogP contribution in [-0.4, -0.2) is 30.7 Å². The van der Waals surface area contributed by atoms with Gasteiger partial charge in [-0.2, -0.15) is 0 Å². The normalized spacial score (nSPS) is 34.8. The molecule has 0 aromatic heterocycles. The van der Waals surface area contributed by atoms with Crippen molar-refractivity contribution in [2.24, 2.45) is 11.8 Å². The van der Waals surface area contributed by atoms with Crippen molar-refractivity contribution in [3.63, 3.8) is 0 Å². The summed E-state index contributed by atoms with van der Waals surface area (Å²) in [7, 11) is 0. The van der Waals surface area contributed by atoms with Crippen molar-refractivity contribution in [3.8, 4) is 5.75 Å². The maximum atomic E-state index is 12.0. The fraction of sp³-hybridized carbons (Fsp3) is 0.600. The van der Waals surface area contributed by atoms with Gasteiger partial charge in [-0.15, -0.1) is 0 Å². The van der Waals surface area contributed by atoms with Gasteiger partial charge in [0.1, 0.15) is 0 Å². The van der Waals surface area contributed by atoms with Crippen molar-refractivity contribution < 1.29 is 14.3 Å². The Balaban J connectivity index is 1.62. The molecule has 1 saturated carbocycles. The Bertz CT molecular complexity index is 698. The number of benzene rings is 1. The number of ether oxygens (including phenoxy) is 1. The van der Waals surface area contributed by atoms with Crippen molar-refractivity contribution in [1.29, 1.82) is 0 Å². The predicted molar refractivity (Wildman–Crippen MR) is 93.4 cm³/mol. The molecule has 4 rings (SSSR count). The summed E-state index contributed by atoms with van der Waals surface area (Å²) in [5.74, 6) is 2.55. The van der Waals surface area contributed by atoms with Gasteiger partial charge in [-0.3, -0.25) is 0 Å². The zero-order valence-electron chi connectivity index (χ0n) is 14.3. The van der Waals surface area contributed by atoms with E-state index in [4.69, 9.17) is 4.74 Å². The van der Waals surface area contributed by atoms with Crippen LogP contribution >= 0.6 is 0 Å². The van der Waals surface area contributed by atoms with Crippen LogP contribution < -0.4 is 4.74 Å². The first-order valence-electron chi connectivity index (χ1n) is 8.99. The summed E-state index contributed by atoms with van der Waals surface area (Å²) < 4.78 is 6.21. The van der Waals surface area contributed by atoms with E-state index < -0.39 is 20.9 Å². The van der Waals surface area contributed by atoms with Crippen LogP contribution in [0.2, 0.25) is 3.46 Å². The molecule has 0 spiro atoms. The Morgan fingerprint density at radius 1 is 1.25 bits per heavy atom. The topological polar surface area (TPSA) is 43.4 Å². The molecular weight excluding hydrogens is 416 g/mol. The Labute approximate surface area is 153 Å². The van der Waals surface area contributed by atoms with E-state index in [-0.39, 0.29) is 5.97 Å². The van der Waals surface area contributed by atoms with Gasteiger partial charge in [-0.05, 0) is 0 Å². The number of carbonyl (C=O) groups is 2. The molecule has 24 heavy (non-hydrogen) atoms. The van der Waals surface area contributed by atoms with Crippen LogP contribution in [0.5, 0.6) is 5.75 Å². The van der Waals surface area contributed by atoms with E-state index in [9.17, 15) is 9.59 Å². The Morgan fingerprint density at radius 2 is 2.08 bits per heavy atom. The van der Waals surface area contributed by atoms with Crippen LogP contribution in [0.15, 0.2) is 18.2 Å². The van der Waals surface area contributed by atoms with Crippen LogP contribution in [0.1, 0.15) is 63.0 Å². The molecule has 1 aliphatic heterocycles. The molecule has 1 saturated heterocycles. The second-order valence-electron chi connectivity index (χ2n) is 7.73. The van der Waals surface area contributed by atoms with Gasteiger partial charge >= 0.3 is 154 Å². The van der Waals surface area contributed by atoms with E-state index in [0.29, 0.717) is 19.0 Å². The summed E-state index contributed by atoms with van der Waals surface area (Å²) in [5.41, 5.74) is 2.84. The molecule has 3 aliphatic rings. The van der Waals surface area contributed by atoms with E-state index in [1.165, 1.54) is 37.3 Å². The molecule has 0 amide bonds. The third-order valence-corrected chi connectivity index (χ3v) is 10.3. The van der Waals surface area contributed by atoms with Crippen LogP contribution in [0.25, 0.3) is 0 Å². The molecule has 0 N–H and O–H groups in total. The summed E-state index contributed by atoms with van der Waals surface area (Å²) in [6.45, 7) is 3.86. The average molecular weight is 440 g/mol. The summed E-state index contributed by atoms with van der Waals surface area (Å²) in [5, 5.41) is 0. The number of fused-ring (bicyclic) bond motifs is 5. The van der Waals surface area contributed by atoms with Crippen LogP contribution in [0, 0.1) is 11.8 Å². The molecular formula is C20H24O3Te. The number of esters is 1. The summed E-state index contributed by atoms with van der Waals surface area (Å²) in [6, 6.07) is 6.21. The third kappa shape index (κ3) is 2.82. The number of carbonyl (C=O) groups excluding carboxylic acids is 2. The molecule has 0 bridgehead atoms. The van der Waals surface area contributed by atoms with Gasteiger partial charge < -0.3 is 0 Å². The molecule has 3 nitrogen and oxygen atoms in total. The van der Waals surface area contributed by atoms with E-state index in [0.717, 1.165) is 31.1 Å². The second-order valence-corrected chi connectivity index (χ2v) is 12.3. The first kappa shape index (κ1) is 16.6. The van der Waals surface area contributed by atoms with Crippen molar-refractivity contribution >= 4 is 30.7 Å². The van der Waals surface area contributed by atoms with Gasteiger partial charge in [-0.1, -0.05) is 0 Å². The molecule has 2 fully saturated rings. The van der Waals surface area contributed by atoms with E-state index >= 15 is 0 Å². The zero-order valence-corrected chi connectivity index (χ0v) is 16.7. The fourth-order valence-electron chi connectivity index (χ4n) is 5.31. The number of hydrogen-bond donors (Lipinski definition) is 0. The van der Waals surface area contributed by atoms with E-state index in [1.54, 1.807) is 0 Å². The standard InChI is InChI=1S/C20H24O3Te/c1-12(21)23-14-4-6-15-13(11-14)3-5-17-16(15)9-10-20(2)18(17)7-8-19(22)24-20/h4,6,11,16-18H,3,5,7-10H2,1-2H3/t16-,17-,18+,20+/m1/s1. The molecule has 0 unspecified atom stereocenters. The van der Waals surface area contributed by atoms with Crippen molar-refractivity contribution in [2.75, 3.05) is 0 Å². The Hall–Kier alpha value is -0.850. The van der Waals surface area contributed by atoms with Crippen LogP contribution in [0.3, 0.4) is 0 Å². The van der Waals surface area contributed by atoms with Crippen molar-refractivity contribution in [3.05, 3.63) is 29.3 Å². The summed E-state index contributed by atoms with van der Waals surface area (Å²) in [6.07, 6.45) is 6.69. The number of rotatable bonds is 1. The Kier molecular flexibility index (Phi) is 4.25. The molecule has 0 radical (unpaired) electrons. The molecule has 128 valence electrons. The third-order valence-electron chi connectivity index (χ3n) is 6.30. The molecule has 4 atom stereocenters. The number of aryl methyl sites for hydroxylation is 1. The predicted octanol–water partition coefficient (Wildman–Crippen LogP) is 3.87. The first-order chi connectivity index (χ1) is 11.5. The number of hydrogen-bond acceptors (Lipinski definition) is 3. The zero-order chi connectivity index (χ0) is 16.9. The van der Waals surface area contributed by atoms with Gasteiger partial charge in [-0.25, -0.2) is 0 Å². The molecule has 2 aliphatic carbocycles. The molecule has 1 aromatic rings. The summed E-state index contributed by atoms with van der Waals surface area (Å²) in [4.78, 5) is 23.2. The monoisotopic (exact) mass is 442 g/mol. The molecule has 4 heteroatoms. The van der Waals surface area contributed by atoms with E-state index in [1.807, 2.05) is 6.07 Å². The van der Waals surface area contributed by atoms with Gasteiger partial charge in [0, 0.05) is 0 Å². The van der Waals surface area contributed by atoms with Crippen LogP contribution in [0.4, 0.5) is 0 Å². The SMILES string of the molecule is CC(=O)Oc1ccc2c(c1)CC[C@@H]1[C@@H]2CC[C@]2(C)[Te]C(=O)CC[C@@H]12. The molecule has 1 heterocycles. The Morgan fingerprint density at radius 3 is 2.88 bits per heavy atom. The van der Waals surface area contributed by atoms with Gasteiger partial charge in [0.2, 0.25) is 0 Å². The van der Waals surface area contributed by atoms with Gasteiger partial charge in [0.15, 0.2) is 0 Å². The quantitative estimate of drug-likeness (QED) is 0.379. The second kappa shape index (κ2) is 6.15. The fourth-order valence-corrected chi connectivity index (χ4v) is 9.31. The van der Waals surface area contributed by atoms with E-state index in [2.05, 4.69) is 19.1 Å². The van der Waals surface area contributed by atoms with Gasteiger partial charge in [0.25, 0.3) is 0 Å². The molecule has 1 aromatic carbocycles. The average Bonchev–Trinajstić information content (AvgIpc) is 2.52. The van der Waals surface area contributed by atoms with Crippen LogP contribution in [-0.2, 0) is 16.0 Å².